The van der Waals surface area contributed by atoms with Crippen molar-refractivity contribution in [2.75, 3.05) is 7.11 Å². The van der Waals surface area contributed by atoms with E-state index in [0.717, 1.165) is 17.6 Å². The Balaban J connectivity index is 2.10. The van der Waals surface area contributed by atoms with Crippen LogP contribution in [-0.4, -0.2) is 7.11 Å². The Labute approximate surface area is 116 Å². The molecule has 1 aromatic rings. The van der Waals surface area contributed by atoms with E-state index in [1.54, 1.807) is 7.11 Å². The largest absolute Gasteiger partial charge is 0.497 e. The average Bonchev–Trinajstić information content (AvgIpc) is 2.44. The Morgan fingerprint density at radius 2 is 1.84 bits per heavy atom. The Morgan fingerprint density at radius 3 is 2.37 bits per heavy atom. The summed E-state index contributed by atoms with van der Waals surface area (Å²) in [7, 11) is 1.69. The standard InChI is InChI=1S/C16H26N2O/c1-11-4-5-14(10-12(11)2)16(18-17)13-6-8-15(19-3)9-7-13/h6-9,11-12,14,16,18H,4-5,10,17H2,1-3H3. The van der Waals surface area contributed by atoms with E-state index in [1.807, 2.05) is 12.1 Å². The maximum atomic E-state index is 5.81. The predicted octanol–water partition coefficient (Wildman–Crippen LogP) is 3.27. The van der Waals surface area contributed by atoms with Crippen molar-refractivity contribution in [3.05, 3.63) is 29.8 Å². The molecule has 0 radical (unpaired) electrons. The van der Waals surface area contributed by atoms with Crippen molar-refractivity contribution >= 4 is 0 Å². The van der Waals surface area contributed by atoms with E-state index in [0.29, 0.717) is 5.92 Å². The summed E-state index contributed by atoms with van der Waals surface area (Å²) in [5.41, 5.74) is 4.28. The van der Waals surface area contributed by atoms with E-state index in [2.05, 4.69) is 31.4 Å². The van der Waals surface area contributed by atoms with E-state index >= 15 is 0 Å². The smallest absolute Gasteiger partial charge is 0.118 e. The second-order valence-electron chi connectivity index (χ2n) is 5.95. The van der Waals surface area contributed by atoms with Crippen LogP contribution < -0.4 is 16.0 Å². The van der Waals surface area contributed by atoms with Crippen molar-refractivity contribution in [3.8, 4) is 5.75 Å². The van der Waals surface area contributed by atoms with Crippen molar-refractivity contribution in [2.45, 2.75) is 39.2 Å². The maximum Gasteiger partial charge on any atom is 0.118 e. The minimum Gasteiger partial charge on any atom is -0.497 e. The highest BCUT2D eigenvalue weighted by Gasteiger charge is 2.30. The SMILES string of the molecule is COc1ccc(C(NN)C2CCC(C)C(C)C2)cc1. The molecule has 0 bridgehead atoms. The summed E-state index contributed by atoms with van der Waals surface area (Å²) in [4.78, 5) is 0. The molecule has 0 aromatic heterocycles. The van der Waals surface area contributed by atoms with Gasteiger partial charge in [0.1, 0.15) is 5.75 Å². The summed E-state index contributed by atoms with van der Waals surface area (Å²) in [6.07, 6.45) is 3.81. The topological polar surface area (TPSA) is 47.3 Å². The van der Waals surface area contributed by atoms with Crippen molar-refractivity contribution in [3.63, 3.8) is 0 Å². The molecule has 1 aromatic carbocycles. The molecule has 1 saturated carbocycles. The van der Waals surface area contributed by atoms with E-state index in [1.165, 1.54) is 24.8 Å². The first-order valence-electron chi connectivity index (χ1n) is 7.25. The Kier molecular flexibility index (Phi) is 4.83. The van der Waals surface area contributed by atoms with Gasteiger partial charge in [-0.3, -0.25) is 11.3 Å². The molecule has 4 unspecified atom stereocenters. The molecule has 1 aliphatic carbocycles. The fraction of sp³-hybridized carbons (Fsp3) is 0.625. The lowest BCUT2D eigenvalue weighted by Crippen LogP contribution is -2.36. The monoisotopic (exact) mass is 262 g/mol. The normalized spacial score (nSPS) is 28.9. The number of nitrogens with two attached hydrogens (primary N) is 1. The molecule has 1 aliphatic rings. The minimum absolute atomic E-state index is 0.251. The molecule has 0 amide bonds. The molecular formula is C16H26N2O. The van der Waals surface area contributed by atoms with Crippen LogP contribution in [0.2, 0.25) is 0 Å². The lowest BCUT2D eigenvalue weighted by molar-refractivity contribution is 0.171. The molecule has 19 heavy (non-hydrogen) atoms. The molecule has 0 heterocycles. The molecule has 2 rings (SSSR count). The second kappa shape index (κ2) is 6.40. The van der Waals surface area contributed by atoms with Crippen molar-refractivity contribution < 1.29 is 4.74 Å². The summed E-state index contributed by atoms with van der Waals surface area (Å²) in [5.74, 6) is 8.95. The van der Waals surface area contributed by atoms with Gasteiger partial charge in [0.2, 0.25) is 0 Å². The molecule has 0 saturated heterocycles. The number of hydrogen-bond acceptors (Lipinski definition) is 3. The van der Waals surface area contributed by atoms with Gasteiger partial charge in [0.25, 0.3) is 0 Å². The van der Waals surface area contributed by atoms with Crippen LogP contribution in [0.15, 0.2) is 24.3 Å². The average molecular weight is 262 g/mol. The molecule has 3 N–H and O–H groups in total. The highest BCUT2D eigenvalue weighted by atomic mass is 16.5. The van der Waals surface area contributed by atoms with Crippen LogP contribution in [0.3, 0.4) is 0 Å². The Morgan fingerprint density at radius 1 is 1.16 bits per heavy atom. The fourth-order valence-electron chi connectivity index (χ4n) is 3.21. The fourth-order valence-corrected chi connectivity index (χ4v) is 3.21. The number of rotatable bonds is 4. The third kappa shape index (κ3) is 3.28. The van der Waals surface area contributed by atoms with Gasteiger partial charge < -0.3 is 4.74 Å². The van der Waals surface area contributed by atoms with Crippen LogP contribution >= 0.6 is 0 Å². The summed E-state index contributed by atoms with van der Waals surface area (Å²) in [6.45, 7) is 4.72. The first kappa shape index (κ1) is 14.4. The zero-order chi connectivity index (χ0) is 13.8. The highest BCUT2D eigenvalue weighted by Crippen LogP contribution is 2.39. The van der Waals surface area contributed by atoms with Crippen LogP contribution in [0.25, 0.3) is 0 Å². The number of nitrogens with one attached hydrogen (secondary N) is 1. The van der Waals surface area contributed by atoms with E-state index < -0.39 is 0 Å². The summed E-state index contributed by atoms with van der Waals surface area (Å²) < 4.78 is 5.21. The summed E-state index contributed by atoms with van der Waals surface area (Å²) in [6, 6.07) is 8.50. The number of ether oxygens (including phenoxy) is 1. The molecule has 4 atom stereocenters. The predicted molar refractivity (Wildman–Crippen MR) is 78.7 cm³/mol. The molecular weight excluding hydrogens is 236 g/mol. The van der Waals surface area contributed by atoms with E-state index in [-0.39, 0.29) is 6.04 Å². The number of hydrazine groups is 1. The molecule has 3 heteroatoms. The summed E-state index contributed by atoms with van der Waals surface area (Å²) >= 11 is 0. The maximum absolute atomic E-state index is 5.81. The van der Waals surface area contributed by atoms with E-state index in [4.69, 9.17) is 10.6 Å². The lowest BCUT2D eigenvalue weighted by atomic mass is 9.72. The van der Waals surface area contributed by atoms with Gasteiger partial charge in [0, 0.05) is 6.04 Å². The van der Waals surface area contributed by atoms with Crippen LogP contribution in [0.4, 0.5) is 0 Å². The highest BCUT2D eigenvalue weighted by molar-refractivity contribution is 5.29. The van der Waals surface area contributed by atoms with Crippen molar-refractivity contribution in [2.24, 2.45) is 23.6 Å². The zero-order valence-electron chi connectivity index (χ0n) is 12.2. The first-order chi connectivity index (χ1) is 9.15. The number of hydrogen-bond donors (Lipinski definition) is 2. The molecule has 0 spiro atoms. The van der Waals surface area contributed by atoms with Crippen LogP contribution in [0.1, 0.15) is 44.7 Å². The first-order valence-corrected chi connectivity index (χ1v) is 7.25. The van der Waals surface area contributed by atoms with Gasteiger partial charge in [-0.1, -0.05) is 32.4 Å². The molecule has 106 valence electrons. The van der Waals surface area contributed by atoms with Crippen molar-refractivity contribution in [1.29, 1.82) is 0 Å². The van der Waals surface area contributed by atoms with Gasteiger partial charge in [-0.05, 0) is 48.3 Å². The lowest BCUT2D eigenvalue weighted by Gasteiger charge is -2.36. The third-order valence-electron chi connectivity index (χ3n) is 4.76. The van der Waals surface area contributed by atoms with Gasteiger partial charge in [-0.15, -0.1) is 0 Å². The number of benzene rings is 1. The number of methoxy groups -OCH3 is 1. The van der Waals surface area contributed by atoms with Crippen molar-refractivity contribution in [1.82, 2.24) is 5.43 Å². The van der Waals surface area contributed by atoms with Crippen LogP contribution in [0.5, 0.6) is 5.75 Å². The van der Waals surface area contributed by atoms with Gasteiger partial charge in [0.15, 0.2) is 0 Å². The Bertz CT molecular complexity index is 390. The van der Waals surface area contributed by atoms with Gasteiger partial charge in [-0.25, -0.2) is 0 Å². The molecule has 3 nitrogen and oxygen atoms in total. The van der Waals surface area contributed by atoms with Gasteiger partial charge >= 0.3 is 0 Å². The molecule has 0 aliphatic heterocycles. The minimum atomic E-state index is 0.251. The van der Waals surface area contributed by atoms with E-state index in [9.17, 15) is 0 Å². The third-order valence-corrected chi connectivity index (χ3v) is 4.76. The van der Waals surface area contributed by atoms with Gasteiger partial charge in [-0.2, -0.15) is 0 Å². The Hall–Kier alpha value is -1.06. The van der Waals surface area contributed by atoms with Crippen LogP contribution in [-0.2, 0) is 0 Å². The second-order valence-corrected chi connectivity index (χ2v) is 5.95. The van der Waals surface area contributed by atoms with Gasteiger partial charge in [0.05, 0.1) is 7.11 Å². The zero-order valence-corrected chi connectivity index (χ0v) is 12.2. The quantitative estimate of drug-likeness (QED) is 0.646. The van der Waals surface area contributed by atoms with Crippen LogP contribution in [0, 0.1) is 17.8 Å². The molecule has 1 fully saturated rings. The summed E-state index contributed by atoms with van der Waals surface area (Å²) in [5, 5.41) is 0.